The molecule has 0 saturated heterocycles. The largest absolute Gasteiger partial charge is 0.384 e. The maximum atomic E-state index is 13.3. The van der Waals surface area contributed by atoms with E-state index in [2.05, 4.69) is 11.2 Å². The number of aryl methyl sites for hydroxylation is 1. The molecule has 0 fully saturated rings. The normalized spacial score (nSPS) is 10.8. The van der Waals surface area contributed by atoms with Gasteiger partial charge < -0.3 is 5.73 Å². The Kier molecular flexibility index (Phi) is 3.44. The smallest absolute Gasteiger partial charge is 0.123 e. The summed E-state index contributed by atoms with van der Waals surface area (Å²) in [7, 11) is 0. The molecule has 0 aliphatic heterocycles. The summed E-state index contributed by atoms with van der Waals surface area (Å²) >= 11 is 0. The van der Waals surface area contributed by atoms with Gasteiger partial charge in [0.1, 0.15) is 11.6 Å². The highest BCUT2D eigenvalue weighted by Crippen LogP contribution is 2.21. The number of nitrogens with two attached hydrogens (primary N) is 1. The van der Waals surface area contributed by atoms with Crippen LogP contribution in [0.5, 0.6) is 0 Å². The number of hydrogen-bond acceptors (Lipinski definition) is 2. The third-order valence-electron chi connectivity index (χ3n) is 3.35. The van der Waals surface area contributed by atoms with Crippen LogP contribution in [-0.2, 0) is 6.54 Å². The molecule has 0 aliphatic rings. The van der Waals surface area contributed by atoms with E-state index in [9.17, 15) is 4.39 Å². The Hall–Kier alpha value is -2.62. The lowest BCUT2D eigenvalue weighted by Crippen LogP contribution is -2.05. The number of halogens is 1. The van der Waals surface area contributed by atoms with Crippen LogP contribution in [0.15, 0.2) is 54.6 Å². The van der Waals surface area contributed by atoms with E-state index in [1.54, 1.807) is 16.8 Å². The molecule has 0 spiro atoms. The van der Waals surface area contributed by atoms with Gasteiger partial charge in [-0.2, -0.15) is 5.10 Å². The zero-order valence-electron chi connectivity index (χ0n) is 11.8. The summed E-state index contributed by atoms with van der Waals surface area (Å²) in [5, 5.41) is 4.47. The molecule has 0 saturated carbocycles. The monoisotopic (exact) mass is 281 g/mol. The fraction of sp³-hybridized carbons (Fsp3) is 0.118. The highest BCUT2D eigenvalue weighted by Gasteiger charge is 2.08. The van der Waals surface area contributed by atoms with E-state index in [0.717, 1.165) is 11.1 Å². The third kappa shape index (κ3) is 2.94. The molecule has 3 rings (SSSR count). The van der Waals surface area contributed by atoms with E-state index in [1.165, 1.54) is 17.7 Å². The zero-order valence-corrected chi connectivity index (χ0v) is 11.8. The minimum absolute atomic E-state index is 0.278. The van der Waals surface area contributed by atoms with E-state index in [0.29, 0.717) is 18.1 Å². The summed E-state index contributed by atoms with van der Waals surface area (Å²) in [6.45, 7) is 2.65. The Labute approximate surface area is 122 Å². The van der Waals surface area contributed by atoms with Gasteiger partial charge in [-0.25, -0.2) is 9.07 Å². The molecule has 1 aromatic heterocycles. The summed E-state index contributed by atoms with van der Waals surface area (Å²) in [4.78, 5) is 0. The van der Waals surface area contributed by atoms with Gasteiger partial charge in [0.2, 0.25) is 0 Å². The molecule has 2 N–H and O–H groups in total. The van der Waals surface area contributed by atoms with Crippen LogP contribution in [0.2, 0.25) is 0 Å². The summed E-state index contributed by atoms with van der Waals surface area (Å²) in [6, 6.07) is 16.3. The van der Waals surface area contributed by atoms with Crippen LogP contribution in [0.3, 0.4) is 0 Å². The second-order valence-electron chi connectivity index (χ2n) is 5.11. The highest BCUT2D eigenvalue weighted by molar-refractivity contribution is 5.62. The van der Waals surface area contributed by atoms with Crippen molar-refractivity contribution in [3.63, 3.8) is 0 Å². The van der Waals surface area contributed by atoms with Gasteiger partial charge in [0.15, 0.2) is 0 Å². The van der Waals surface area contributed by atoms with Crippen LogP contribution < -0.4 is 5.73 Å². The molecule has 21 heavy (non-hydrogen) atoms. The Morgan fingerprint density at radius 1 is 1.10 bits per heavy atom. The molecule has 0 aliphatic carbocycles. The zero-order chi connectivity index (χ0) is 14.8. The lowest BCUT2D eigenvalue weighted by atomic mass is 10.1. The third-order valence-corrected chi connectivity index (χ3v) is 3.35. The SMILES string of the molecule is Cc1cccc(Cn2nc(-c3cccc(F)c3)cc2N)c1. The fourth-order valence-corrected chi connectivity index (χ4v) is 2.33. The molecule has 106 valence electrons. The molecule has 1 heterocycles. The van der Waals surface area contributed by atoms with Crippen LogP contribution in [-0.4, -0.2) is 9.78 Å². The van der Waals surface area contributed by atoms with Crippen LogP contribution in [0.4, 0.5) is 10.2 Å². The Morgan fingerprint density at radius 2 is 1.90 bits per heavy atom. The Bertz CT molecular complexity index is 777. The average molecular weight is 281 g/mol. The van der Waals surface area contributed by atoms with Gasteiger partial charge in [0, 0.05) is 11.6 Å². The minimum atomic E-state index is -0.278. The summed E-state index contributed by atoms with van der Waals surface area (Å²) in [5.41, 5.74) is 9.75. The van der Waals surface area contributed by atoms with Gasteiger partial charge in [0.25, 0.3) is 0 Å². The van der Waals surface area contributed by atoms with Gasteiger partial charge in [-0.1, -0.05) is 42.0 Å². The number of nitrogen functional groups attached to an aromatic ring is 1. The van der Waals surface area contributed by atoms with Crippen LogP contribution in [0, 0.1) is 12.7 Å². The highest BCUT2D eigenvalue weighted by atomic mass is 19.1. The van der Waals surface area contributed by atoms with Gasteiger partial charge in [0.05, 0.1) is 12.2 Å². The van der Waals surface area contributed by atoms with Crippen molar-refractivity contribution in [1.29, 1.82) is 0 Å². The van der Waals surface area contributed by atoms with Crippen molar-refractivity contribution in [2.75, 3.05) is 5.73 Å². The Morgan fingerprint density at radius 3 is 2.67 bits per heavy atom. The first kappa shape index (κ1) is 13.4. The summed E-state index contributed by atoms with van der Waals surface area (Å²) in [5.74, 6) is 0.287. The second-order valence-corrected chi connectivity index (χ2v) is 5.11. The first-order valence-electron chi connectivity index (χ1n) is 6.76. The van der Waals surface area contributed by atoms with Gasteiger partial charge in [-0.05, 0) is 24.6 Å². The lowest BCUT2D eigenvalue weighted by Gasteiger charge is -2.05. The Balaban J connectivity index is 1.91. The van der Waals surface area contributed by atoms with E-state index < -0.39 is 0 Å². The number of anilines is 1. The predicted octanol–water partition coefficient (Wildman–Crippen LogP) is 3.63. The van der Waals surface area contributed by atoms with Crippen LogP contribution in [0.1, 0.15) is 11.1 Å². The molecular formula is C17H16FN3. The molecule has 3 aromatic rings. The maximum absolute atomic E-state index is 13.3. The average Bonchev–Trinajstić information content (AvgIpc) is 2.80. The number of benzene rings is 2. The first-order chi connectivity index (χ1) is 10.1. The van der Waals surface area contributed by atoms with Gasteiger partial charge in [-0.15, -0.1) is 0 Å². The van der Waals surface area contributed by atoms with Crippen LogP contribution >= 0.6 is 0 Å². The van der Waals surface area contributed by atoms with Crippen molar-refractivity contribution in [2.24, 2.45) is 0 Å². The van der Waals surface area contributed by atoms with E-state index >= 15 is 0 Å². The molecule has 0 unspecified atom stereocenters. The van der Waals surface area contributed by atoms with Crippen molar-refractivity contribution in [3.8, 4) is 11.3 Å². The van der Waals surface area contributed by atoms with Gasteiger partial charge in [-0.3, -0.25) is 0 Å². The molecule has 0 amide bonds. The minimum Gasteiger partial charge on any atom is -0.384 e. The van der Waals surface area contributed by atoms with Crippen LogP contribution in [0.25, 0.3) is 11.3 Å². The molecular weight excluding hydrogens is 265 g/mol. The number of nitrogens with zero attached hydrogens (tertiary/aromatic N) is 2. The van der Waals surface area contributed by atoms with Crippen molar-refractivity contribution < 1.29 is 4.39 Å². The van der Waals surface area contributed by atoms with Gasteiger partial charge >= 0.3 is 0 Å². The molecule has 0 atom stereocenters. The lowest BCUT2D eigenvalue weighted by molar-refractivity contribution is 0.628. The van der Waals surface area contributed by atoms with Crippen molar-refractivity contribution in [1.82, 2.24) is 9.78 Å². The maximum Gasteiger partial charge on any atom is 0.123 e. The molecule has 4 heteroatoms. The van der Waals surface area contributed by atoms with Crippen molar-refractivity contribution in [3.05, 3.63) is 71.5 Å². The standard InChI is InChI=1S/C17H16FN3/c1-12-4-2-5-13(8-12)11-21-17(19)10-16(20-21)14-6-3-7-15(18)9-14/h2-10H,11,19H2,1H3. The fourth-order valence-electron chi connectivity index (χ4n) is 2.33. The topological polar surface area (TPSA) is 43.8 Å². The predicted molar refractivity (Wildman–Crippen MR) is 82.3 cm³/mol. The summed E-state index contributed by atoms with van der Waals surface area (Å²) in [6.07, 6.45) is 0. The van der Waals surface area contributed by atoms with E-state index in [1.807, 2.05) is 31.2 Å². The molecule has 3 nitrogen and oxygen atoms in total. The molecule has 0 radical (unpaired) electrons. The van der Waals surface area contributed by atoms with E-state index in [4.69, 9.17) is 5.73 Å². The first-order valence-corrected chi connectivity index (χ1v) is 6.76. The van der Waals surface area contributed by atoms with Crippen molar-refractivity contribution in [2.45, 2.75) is 13.5 Å². The number of aromatic nitrogens is 2. The van der Waals surface area contributed by atoms with E-state index in [-0.39, 0.29) is 5.82 Å². The second kappa shape index (κ2) is 5.40. The molecule has 2 aromatic carbocycles. The number of hydrogen-bond donors (Lipinski definition) is 1. The summed E-state index contributed by atoms with van der Waals surface area (Å²) < 4.78 is 15.0. The quantitative estimate of drug-likeness (QED) is 0.796. The molecule has 0 bridgehead atoms. The number of rotatable bonds is 3. The van der Waals surface area contributed by atoms with Crippen molar-refractivity contribution >= 4 is 5.82 Å².